The maximum Gasteiger partial charge on any atom is 0.00922 e. The zero-order valence-corrected chi connectivity index (χ0v) is 11.5. The van der Waals surface area contributed by atoms with Crippen LogP contribution >= 0.6 is 0 Å². The Hall–Kier alpha value is -0.0800. The fourth-order valence-electron chi connectivity index (χ4n) is 3.67. The molecule has 0 saturated heterocycles. The lowest BCUT2D eigenvalue weighted by molar-refractivity contribution is 0.203. The van der Waals surface area contributed by atoms with Crippen LogP contribution in [0.25, 0.3) is 0 Å². The highest BCUT2D eigenvalue weighted by atomic mass is 15.1. The minimum Gasteiger partial charge on any atom is -0.327 e. The lowest BCUT2D eigenvalue weighted by atomic mass is 9.99. The van der Waals surface area contributed by atoms with Crippen LogP contribution in [0.2, 0.25) is 0 Å². The highest BCUT2D eigenvalue weighted by Gasteiger charge is 2.25. The van der Waals surface area contributed by atoms with Crippen molar-refractivity contribution >= 4 is 0 Å². The first-order valence-corrected chi connectivity index (χ1v) is 7.73. The molecule has 2 heteroatoms. The molecule has 0 aromatic carbocycles. The quantitative estimate of drug-likeness (QED) is 0.762. The molecule has 2 saturated carbocycles. The summed E-state index contributed by atoms with van der Waals surface area (Å²) < 4.78 is 0. The third-order valence-corrected chi connectivity index (χ3v) is 5.02. The Bertz CT molecular complexity index is 209. The molecule has 0 aliphatic heterocycles. The zero-order chi connectivity index (χ0) is 12.1. The van der Waals surface area contributed by atoms with E-state index < -0.39 is 0 Å². The Balaban J connectivity index is 1.70. The summed E-state index contributed by atoms with van der Waals surface area (Å²) in [5.74, 6) is 0.809. The van der Waals surface area contributed by atoms with Crippen molar-refractivity contribution in [2.45, 2.75) is 76.3 Å². The average Bonchev–Trinajstić information content (AvgIpc) is 2.58. The van der Waals surface area contributed by atoms with E-state index in [1.165, 1.54) is 70.8 Å². The maximum absolute atomic E-state index is 6.15. The molecule has 0 radical (unpaired) electrons. The first-order chi connectivity index (χ1) is 8.27. The van der Waals surface area contributed by atoms with E-state index in [2.05, 4.69) is 11.9 Å². The van der Waals surface area contributed by atoms with E-state index >= 15 is 0 Å². The fourth-order valence-corrected chi connectivity index (χ4v) is 3.67. The minimum absolute atomic E-state index is 0.498. The van der Waals surface area contributed by atoms with Gasteiger partial charge in [0.15, 0.2) is 0 Å². The largest absolute Gasteiger partial charge is 0.327 e. The van der Waals surface area contributed by atoms with Crippen LogP contribution < -0.4 is 5.73 Å². The number of hydrogen-bond donors (Lipinski definition) is 1. The smallest absolute Gasteiger partial charge is 0.00922 e. The van der Waals surface area contributed by atoms with Gasteiger partial charge in [-0.25, -0.2) is 0 Å². The second-order valence-electron chi connectivity index (χ2n) is 6.27. The van der Waals surface area contributed by atoms with E-state index in [0.717, 1.165) is 12.0 Å². The molecule has 0 amide bonds. The van der Waals surface area contributed by atoms with Crippen LogP contribution in [0.5, 0.6) is 0 Å². The van der Waals surface area contributed by atoms with Crippen molar-refractivity contribution in [1.82, 2.24) is 4.90 Å². The monoisotopic (exact) mass is 238 g/mol. The van der Waals surface area contributed by atoms with Crippen LogP contribution in [0.1, 0.15) is 64.2 Å². The molecule has 2 aliphatic rings. The summed E-state index contributed by atoms with van der Waals surface area (Å²) in [6, 6.07) is 1.35. The summed E-state index contributed by atoms with van der Waals surface area (Å²) >= 11 is 0. The molecular weight excluding hydrogens is 208 g/mol. The molecule has 0 aromatic rings. The lowest BCUT2D eigenvalue weighted by Gasteiger charge is -2.28. The molecule has 2 aliphatic carbocycles. The van der Waals surface area contributed by atoms with Gasteiger partial charge in [-0.15, -0.1) is 0 Å². The average molecular weight is 238 g/mol. The molecule has 0 aromatic heterocycles. The van der Waals surface area contributed by atoms with Gasteiger partial charge in [0.2, 0.25) is 0 Å². The van der Waals surface area contributed by atoms with Crippen LogP contribution in [-0.4, -0.2) is 30.6 Å². The van der Waals surface area contributed by atoms with E-state index in [9.17, 15) is 0 Å². The minimum atomic E-state index is 0.498. The number of nitrogens with zero attached hydrogens (tertiary/aromatic N) is 1. The molecule has 0 heterocycles. The normalized spacial score (nSPS) is 31.9. The molecule has 0 bridgehead atoms. The van der Waals surface area contributed by atoms with E-state index in [1.807, 2.05) is 0 Å². The SMILES string of the molecule is CN(CCC1CCCC1N)C1CCCCCC1. The Labute approximate surface area is 107 Å². The molecule has 2 rings (SSSR count). The summed E-state index contributed by atoms with van der Waals surface area (Å²) in [5, 5.41) is 0. The Morgan fingerprint density at radius 2 is 1.65 bits per heavy atom. The van der Waals surface area contributed by atoms with Gasteiger partial charge in [-0.2, -0.15) is 0 Å². The van der Waals surface area contributed by atoms with E-state index in [0.29, 0.717) is 6.04 Å². The highest BCUT2D eigenvalue weighted by molar-refractivity contribution is 4.81. The van der Waals surface area contributed by atoms with Crippen molar-refractivity contribution in [3.8, 4) is 0 Å². The molecule has 2 unspecified atom stereocenters. The summed E-state index contributed by atoms with van der Waals surface area (Å²) in [7, 11) is 2.33. The van der Waals surface area contributed by atoms with Crippen molar-refractivity contribution in [3.63, 3.8) is 0 Å². The number of hydrogen-bond acceptors (Lipinski definition) is 2. The summed E-state index contributed by atoms with van der Waals surface area (Å²) in [6.07, 6.45) is 14.0. The Kier molecular flexibility index (Phi) is 5.30. The first-order valence-electron chi connectivity index (χ1n) is 7.73. The first kappa shape index (κ1) is 13.4. The Morgan fingerprint density at radius 1 is 0.941 bits per heavy atom. The van der Waals surface area contributed by atoms with Crippen LogP contribution in [0, 0.1) is 5.92 Å². The van der Waals surface area contributed by atoms with Crippen LogP contribution in [0.15, 0.2) is 0 Å². The molecule has 17 heavy (non-hydrogen) atoms. The molecular formula is C15H30N2. The van der Waals surface area contributed by atoms with Gasteiger partial charge in [0.05, 0.1) is 0 Å². The van der Waals surface area contributed by atoms with E-state index in [1.54, 1.807) is 0 Å². The topological polar surface area (TPSA) is 29.3 Å². The van der Waals surface area contributed by atoms with Gasteiger partial charge < -0.3 is 10.6 Å². The van der Waals surface area contributed by atoms with Crippen molar-refractivity contribution in [3.05, 3.63) is 0 Å². The van der Waals surface area contributed by atoms with Crippen molar-refractivity contribution in [2.75, 3.05) is 13.6 Å². The van der Waals surface area contributed by atoms with Gasteiger partial charge in [0.25, 0.3) is 0 Å². The third kappa shape index (κ3) is 3.96. The second kappa shape index (κ2) is 6.75. The highest BCUT2D eigenvalue weighted by Crippen LogP contribution is 2.28. The van der Waals surface area contributed by atoms with Crippen molar-refractivity contribution in [2.24, 2.45) is 11.7 Å². The van der Waals surface area contributed by atoms with Gasteiger partial charge in [0.1, 0.15) is 0 Å². The molecule has 100 valence electrons. The summed E-state index contributed by atoms with van der Waals surface area (Å²) in [4.78, 5) is 2.62. The van der Waals surface area contributed by atoms with Gasteiger partial charge in [-0.3, -0.25) is 0 Å². The predicted octanol–water partition coefficient (Wildman–Crippen LogP) is 3.16. The fraction of sp³-hybridized carbons (Fsp3) is 1.00. The van der Waals surface area contributed by atoms with E-state index in [-0.39, 0.29) is 0 Å². The lowest BCUT2D eigenvalue weighted by Crippen LogP contribution is -2.34. The van der Waals surface area contributed by atoms with Crippen molar-refractivity contribution in [1.29, 1.82) is 0 Å². The predicted molar refractivity (Wildman–Crippen MR) is 74.1 cm³/mol. The van der Waals surface area contributed by atoms with Crippen LogP contribution in [0.4, 0.5) is 0 Å². The number of nitrogens with two attached hydrogens (primary N) is 1. The van der Waals surface area contributed by atoms with Gasteiger partial charge in [-0.05, 0) is 51.6 Å². The van der Waals surface area contributed by atoms with Crippen LogP contribution in [-0.2, 0) is 0 Å². The van der Waals surface area contributed by atoms with Gasteiger partial charge in [-0.1, -0.05) is 32.1 Å². The zero-order valence-electron chi connectivity index (χ0n) is 11.5. The molecule has 0 spiro atoms. The summed E-state index contributed by atoms with van der Waals surface area (Å²) in [5.41, 5.74) is 6.15. The molecule has 2 atom stereocenters. The maximum atomic E-state index is 6.15. The number of rotatable bonds is 4. The molecule has 2 fully saturated rings. The standard InChI is InChI=1S/C15H30N2/c1-17(14-8-4-2-3-5-9-14)12-11-13-7-6-10-15(13)16/h13-15H,2-12,16H2,1H3. The second-order valence-corrected chi connectivity index (χ2v) is 6.27. The Morgan fingerprint density at radius 3 is 2.24 bits per heavy atom. The summed E-state index contributed by atoms with van der Waals surface area (Å²) in [6.45, 7) is 1.27. The van der Waals surface area contributed by atoms with Gasteiger partial charge in [0, 0.05) is 12.1 Å². The third-order valence-electron chi connectivity index (χ3n) is 5.02. The molecule has 2 nitrogen and oxygen atoms in total. The van der Waals surface area contributed by atoms with Gasteiger partial charge >= 0.3 is 0 Å². The van der Waals surface area contributed by atoms with Crippen LogP contribution in [0.3, 0.4) is 0 Å². The van der Waals surface area contributed by atoms with E-state index in [4.69, 9.17) is 5.73 Å². The molecule has 2 N–H and O–H groups in total. The van der Waals surface area contributed by atoms with Crippen molar-refractivity contribution < 1.29 is 0 Å².